The lowest BCUT2D eigenvalue weighted by Crippen LogP contribution is -2.19. The summed E-state index contributed by atoms with van der Waals surface area (Å²) in [5.41, 5.74) is 0.0667. The van der Waals surface area contributed by atoms with Crippen LogP contribution in [0, 0.1) is 0 Å². The molecule has 3 rings (SSSR count). The molecular weight excluding hydrogens is 278 g/mol. The van der Waals surface area contributed by atoms with Gasteiger partial charge in [0, 0.05) is 11.6 Å². The van der Waals surface area contributed by atoms with Gasteiger partial charge in [0.05, 0.1) is 6.26 Å². The molecule has 0 bridgehead atoms. The molecule has 20 heavy (non-hydrogen) atoms. The van der Waals surface area contributed by atoms with Crippen LogP contribution in [-0.4, -0.2) is 15.9 Å². The van der Waals surface area contributed by atoms with Gasteiger partial charge in [-0.25, -0.2) is 4.98 Å². The number of carbonyl (C=O) groups excluding carboxylic acids is 1. The summed E-state index contributed by atoms with van der Waals surface area (Å²) in [7, 11) is 0. The van der Waals surface area contributed by atoms with Crippen LogP contribution < -0.4 is 10.9 Å². The van der Waals surface area contributed by atoms with Crippen molar-refractivity contribution in [3.05, 3.63) is 58.2 Å². The summed E-state index contributed by atoms with van der Waals surface area (Å²) >= 11 is 1.30. The molecule has 0 saturated carbocycles. The van der Waals surface area contributed by atoms with Crippen molar-refractivity contribution < 1.29 is 9.21 Å². The number of hydrogen-bond acceptors (Lipinski definition) is 5. The quantitative estimate of drug-likeness (QED) is 0.774. The Labute approximate surface area is 117 Å². The zero-order valence-corrected chi connectivity index (χ0v) is 10.9. The van der Waals surface area contributed by atoms with E-state index >= 15 is 0 Å². The molecule has 7 heteroatoms. The summed E-state index contributed by atoms with van der Waals surface area (Å²) < 4.78 is 5.21. The first kappa shape index (κ1) is 12.4. The molecule has 6 nitrogen and oxygen atoms in total. The molecule has 0 fully saturated rings. The molecule has 2 N–H and O–H groups in total. The van der Waals surface area contributed by atoms with Gasteiger partial charge in [0.15, 0.2) is 10.8 Å². The maximum Gasteiger partial charge on any atom is 0.275 e. The molecule has 1 amide bonds. The molecule has 0 aliphatic carbocycles. The third kappa shape index (κ3) is 2.39. The molecule has 3 aromatic rings. The SMILES string of the molecule is O=C(Nc1ccc[nH]c1=O)c1csc(-c2ccco2)n1. The highest BCUT2D eigenvalue weighted by molar-refractivity contribution is 7.13. The van der Waals surface area contributed by atoms with Crippen LogP contribution in [0.15, 0.2) is 51.3 Å². The second-order valence-electron chi connectivity index (χ2n) is 3.88. The van der Waals surface area contributed by atoms with Crippen molar-refractivity contribution in [1.29, 1.82) is 0 Å². The van der Waals surface area contributed by atoms with Gasteiger partial charge in [-0.15, -0.1) is 11.3 Å². The Morgan fingerprint density at radius 3 is 3.00 bits per heavy atom. The molecule has 3 aromatic heterocycles. The Morgan fingerprint density at radius 1 is 1.35 bits per heavy atom. The predicted molar refractivity (Wildman–Crippen MR) is 74.8 cm³/mol. The lowest BCUT2D eigenvalue weighted by molar-refractivity contribution is 0.102. The van der Waals surface area contributed by atoms with Gasteiger partial charge in [-0.3, -0.25) is 9.59 Å². The minimum Gasteiger partial charge on any atom is -0.462 e. The molecule has 0 radical (unpaired) electrons. The summed E-state index contributed by atoms with van der Waals surface area (Å²) in [5, 5.41) is 4.74. The van der Waals surface area contributed by atoms with E-state index in [1.165, 1.54) is 23.6 Å². The van der Waals surface area contributed by atoms with E-state index in [1.807, 2.05) is 0 Å². The zero-order chi connectivity index (χ0) is 13.9. The fourth-order valence-electron chi connectivity index (χ4n) is 1.60. The molecular formula is C13H9N3O3S. The topological polar surface area (TPSA) is 88.0 Å². The third-order valence-corrected chi connectivity index (χ3v) is 3.39. The monoisotopic (exact) mass is 287 g/mol. The lowest BCUT2D eigenvalue weighted by Gasteiger charge is -2.00. The van der Waals surface area contributed by atoms with Crippen molar-refractivity contribution in [2.75, 3.05) is 5.32 Å². The fraction of sp³-hybridized carbons (Fsp3) is 0. The largest absolute Gasteiger partial charge is 0.462 e. The minimum absolute atomic E-state index is 0.185. The smallest absolute Gasteiger partial charge is 0.275 e. The number of hydrogen-bond donors (Lipinski definition) is 2. The van der Waals surface area contributed by atoms with Crippen LogP contribution in [0.5, 0.6) is 0 Å². The number of aromatic nitrogens is 2. The van der Waals surface area contributed by atoms with E-state index in [0.29, 0.717) is 10.8 Å². The summed E-state index contributed by atoms with van der Waals surface area (Å²) in [4.78, 5) is 30.1. The van der Waals surface area contributed by atoms with E-state index in [-0.39, 0.29) is 16.9 Å². The number of H-pyrrole nitrogens is 1. The normalized spacial score (nSPS) is 10.4. The molecule has 0 atom stereocenters. The Kier molecular flexibility index (Phi) is 3.18. The van der Waals surface area contributed by atoms with Gasteiger partial charge < -0.3 is 14.7 Å². The average molecular weight is 287 g/mol. The van der Waals surface area contributed by atoms with Crippen LogP contribution in [0.1, 0.15) is 10.5 Å². The Morgan fingerprint density at radius 2 is 2.25 bits per heavy atom. The van der Waals surface area contributed by atoms with Gasteiger partial charge >= 0.3 is 0 Å². The van der Waals surface area contributed by atoms with E-state index in [9.17, 15) is 9.59 Å². The summed E-state index contributed by atoms with van der Waals surface area (Å²) in [5.74, 6) is 0.169. The minimum atomic E-state index is -0.434. The van der Waals surface area contributed by atoms with Crippen LogP contribution in [-0.2, 0) is 0 Å². The van der Waals surface area contributed by atoms with E-state index in [0.717, 1.165) is 0 Å². The second kappa shape index (κ2) is 5.14. The first-order chi connectivity index (χ1) is 9.74. The molecule has 0 unspecified atom stereocenters. The highest BCUT2D eigenvalue weighted by atomic mass is 32.1. The fourth-order valence-corrected chi connectivity index (χ4v) is 2.36. The molecule has 0 spiro atoms. The number of nitrogens with zero attached hydrogens (tertiary/aromatic N) is 1. The number of amides is 1. The van der Waals surface area contributed by atoms with Crippen LogP contribution >= 0.6 is 11.3 Å². The number of thiazole rings is 1. The van der Waals surface area contributed by atoms with Gasteiger partial charge in [-0.1, -0.05) is 0 Å². The lowest BCUT2D eigenvalue weighted by atomic mass is 10.3. The molecule has 0 aliphatic heterocycles. The number of furan rings is 1. The van der Waals surface area contributed by atoms with Crippen molar-refractivity contribution in [2.24, 2.45) is 0 Å². The maximum atomic E-state index is 12.0. The number of nitrogens with one attached hydrogen (secondary N) is 2. The summed E-state index contributed by atoms with van der Waals surface area (Å²) in [6.07, 6.45) is 3.04. The number of aromatic amines is 1. The molecule has 100 valence electrons. The summed E-state index contributed by atoms with van der Waals surface area (Å²) in [6, 6.07) is 6.67. The van der Waals surface area contributed by atoms with Gasteiger partial charge in [0.2, 0.25) is 0 Å². The van der Waals surface area contributed by atoms with Crippen LogP contribution in [0.3, 0.4) is 0 Å². The van der Waals surface area contributed by atoms with E-state index in [2.05, 4.69) is 15.3 Å². The van der Waals surface area contributed by atoms with Gasteiger partial charge in [0.1, 0.15) is 11.4 Å². The molecule has 0 saturated heterocycles. The van der Waals surface area contributed by atoms with Crippen molar-refractivity contribution in [1.82, 2.24) is 9.97 Å². The zero-order valence-electron chi connectivity index (χ0n) is 10.1. The second-order valence-corrected chi connectivity index (χ2v) is 4.74. The van der Waals surface area contributed by atoms with Gasteiger partial charge in [0.25, 0.3) is 11.5 Å². The standard InChI is InChI=1S/C13H9N3O3S/c17-11-8(3-1-5-14-11)15-12(18)9-7-20-13(16-9)10-4-2-6-19-10/h1-7H,(H,14,17)(H,15,18). The van der Waals surface area contributed by atoms with Crippen molar-refractivity contribution in [2.45, 2.75) is 0 Å². The highest BCUT2D eigenvalue weighted by Gasteiger charge is 2.14. The van der Waals surface area contributed by atoms with Crippen LogP contribution in [0.25, 0.3) is 10.8 Å². The van der Waals surface area contributed by atoms with Gasteiger partial charge in [-0.2, -0.15) is 0 Å². The summed E-state index contributed by atoms with van der Waals surface area (Å²) in [6.45, 7) is 0. The molecule has 3 heterocycles. The Bertz CT molecular complexity index is 789. The first-order valence-corrected chi connectivity index (χ1v) is 6.60. The first-order valence-electron chi connectivity index (χ1n) is 5.72. The molecule has 0 aliphatic rings. The van der Waals surface area contributed by atoms with Crippen molar-refractivity contribution in [3.8, 4) is 10.8 Å². The third-order valence-electron chi connectivity index (χ3n) is 2.54. The van der Waals surface area contributed by atoms with Gasteiger partial charge in [-0.05, 0) is 24.3 Å². The number of anilines is 1. The van der Waals surface area contributed by atoms with Crippen LogP contribution in [0.4, 0.5) is 5.69 Å². The van der Waals surface area contributed by atoms with E-state index in [1.54, 1.807) is 29.8 Å². The maximum absolute atomic E-state index is 12.0. The van der Waals surface area contributed by atoms with Crippen molar-refractivity contribution in [3.63, 3.8) is 0 Å². The van der Waals surface area contributed by atoms with E-state index in [4.69, 9.17) is 4.42 Å². The van der Waals surface area contributed by atoms with Crippen molar-refractivity contribution >= 4 is 22.9 Å². The highest BCUT2D eigenvalue weighted by Crippen LogP contribution is 2.24. The number of carbonyl (C=O) groups is 1. The number of pyridine rings is 1. The Hall–Kier alpha value is -2.67. The predicted octanol–water partition coefficient (Wildman–Crippen LogP) is 2.34. The van der Waals surface area contributed by atoms with Crippen LogP contribution in [0.2, 0.25) is 0 Å². The number of rotatable bonds is 3. The molecule has 0 aromatic carbocycles. The van der Waals surface area contributed by atoms with E-state index < -0.39 is 5.91 Å². The Balaban J connectivity index is 1.82. The average Bonchev–Trinajstić information content (AvgIpc) is 3.11.